The van der Waals surface area contributed by atoms with Crippen LogP contribution in [0.3, 0.4) is 0 Å². The van der Waals surface area contributed by atoms with E-state index in [1.165, 1.54) is 24.3 Å². The number of benzene rings is 1. The summed E-state index contributed by atoms with van der Waals surface area (Å²) < 4.78 is 35.5. The molecule has 2 amide bonds. The van der Waals surface area contributed by atoms with E-state index in [1.807, 2.05) is 0 Å². The molecule has 0 atom stereocenters. The molecule has 0 radical (unpaired) electrons. The van der Waals surface area contributed by atoms with Gasteiger partial charge in [-0.05, 0) is 17.7 Å². The van der Waals surface area contributed by atoms with Gasteiger partial charge in [0.2, 0.25) is 0 Å². The summed E-state index contributed by atoms with van der Waals surface area (Å²) in [7, 11) is 0. The number of carboxylic acids is 1. The maximum atomic E-state index is 11.8. The summed E-state index contributed by atoms with van der Waals surface area (Å²) in [6.07, 6.45) is -5.40. The van der Waals surface area contributed by atoms with Crippen molar-refractivity contribution in [3.63, 3.8) is 0 Å². The number of carbonyl (C=O) groups is 2. The number of halogens is 3. The van der Waals surface area contributed by atoms with Crippen LogP contribution in [-0.4, -0.2) is 29.8 Å². The summed E-state index contributed by atoms with van der Waals surface area (Å²) in [6, 6.07) is 5.07. The Balaban J connectivity index is 2.32. The van der Waals surface area contributed by atoms with Gasteiger partial charge in [0.15, 0.2) is 0 Å². The predicted molar refractivity (Wildman–Crippen MR) is 64.3 cm³/mol. The first-order valence-corrected chi connectivity index (χ1v) is 5.68. The molecule has 20 heavy (non-hydrogen) atoms. The molecule has 0 aliphatic rings. The zero-order valence-electron chi connectivity index (χ0n) is 10.3. The van der Waals surface area contributed by atoms with E-state index in [2.05, 4.69) is 10.6 Å². The molecule has 0 unspecified atom stereocenters. The zero-order valence-corrected chi connectivity index (χ0v) is 10.3. The van der Waals surface area contributed by atoms with Gasteiger partial charge in [0.05, 0.1) is 12.0 Å². The molecule has 1 aromatic rings. The minimum Gasteiger partial charge on any atom is -0.478 e. The second-order valence-electron chi connectivity index (χ2n) is 3.98. The number of carbonyl (C=O) groups excluding carboxylic acids is 1. The molecule has 0 bridgehead atoms. The topological polar surface area (TPSA) is 78.4 Å². The van der Waals surface area contributed by atoms with Crippen molar-refractivity contribution >= 4 is 12.0 Å². The van der Waals surface area contributed by atoms with Gasteiger partial charge in [-0.3, -0.25) is 0 Å². The third-order valence-electron chi connectivity index (χ3n) is 2.35. The quantitative estimate of drug-likeness (QED) is 0.777. The summed E-state index contributed by atoms with van der Waals surface area (Å²) in [6.45, 7) is -0.398. The molecule has 0 saturated carbocycles. The number of hydrogen-bond donors (Lipinski definition) is 3. The normalized spacial score (nSPS) is 10.9. The molecule has 1 aromatic carbocycles. The molecule has 0 aromatic heterocycles. The van der Waals surface area contributed by atoms with Crippen LogP contribution in [0.2, 0.25) is 0 Å². The maximum absolute atomic E-state index is 11.8. The van der Waals surface area contributed by atoms with Crippen molar-refractivity contribution in [2.24, 2.45) is 0 Å². The molecular weight excluding hydrogens is 277 g/mol. The van der Waals surface area contributed by atoms with Crippen molar-refractivity contribution in [2.75, 3.05) is 6.54 Å². The Morgan fingerprint density at radius 1 is 1.10 bits per heavy atom. The van der Waals surface area contributed by atoms with Crippen LogP contribution >= 0.6 is 0 Å². The van der Waals surface area contributed by atoms with Gasteiger partial charge in [0.25, 0.3) is 0 Å². The van der Waals surface area contributed by atoms with Crippen LogP contribution in [0, 0.1) is 0 Å². The lowest BCUT2D eigenvalue weighted by molar-refractivity contribution is -0.132. The molecular formula is C12H13F3N2O3. The minimum absolute atomic E-state index is 0.0950. The van der Waals surface area contributed by atoms with E-state index in [0.717, 1.165) is 0 Å². The number of hydrogen-bond acceptors (Lipinski definition) is 2. The van der Waals surface area contributed by atoms with E-state index in [0.29, 0.717) is 5.56 Å². The van der Waals surface area contributed by atoms with Gasteiger partial charge in [-0.15, -0.1) is 0 Å². The first-order chi connectivity index (χ1) is 9.28. The standard InChI is InChI=1S/C12H13F3N2O3/c13-12(14,15)5-6-16-11(20)17-7-8-1-3-9(4-2-8)10(18)19/h1-4H,5-7H2,(H,18,19)(H2,16,17,20). The summed E-state index contributed by atoms with van der Waals surface area (Å²) in [5.74, 6) is -1.06. The van der Waals surface area contributed by atoms with Gasteiger partial charge in [0.1, 0.15) is 0 Å². The summed E-state index contributed by atoms with van der Waals surface area (Å²) in [4.78, 5) is 21.8. The Morgan fingerprint density at radius 2 is 1.70 bits per heavy atom. The highest BCUT2D eigenvalue weighted by Crippen LogP contribution is 2.17. The SMILES string of the molecule is O=C(NCCC(F)(F)F)NCc1ccc(C(=O)O)cc1. The van der Waals surface area contributed by atoms with Gasteiger partial charge in [-0.2, -0.15) is 13.2 Å². The molecule has 0 spiro atoms. The summed E-state index contributed by atoms with van der Waals surface area (Å²) in [5, 5.41) is 13.1. The minimum atomic E-state index is -4.31. The predicted octanol–water partition coefficient (Wildman–Crippen LogP) is 2.14. The maximum Gasteiger partial charge on any atom is 0.390 e. The first-order valence-electron chi connectivity index (χ1n) is 5.68. The van der Waals surface area contributed by atoms with Gasteiger partial charge in [0, 0.05) is 13.1 Å². The molecule has 110 valence electrons. The molecule has 0 heterocycles. The van der Waals surface area contributed by atoms with E-state index in [9.17, 15) is 22.8 Å². The average Bonchev–Trinajstić information content (AvgIpc) is 2.35. The lowest BCUT2D eigenvalue weighted by Gasteiger charge is -2.09. The molecule has 8 heteroatoms. The highest BCUT2D eigenvalue weighted by molar-refractivity contribution is 5.87. The average molecular weight is 290 g/mol. The van der Waals surface area contributed by atoms with E-state index in [-0.39, 0.29) is 12.1 Å². The number of carboxylic acid groups (broad SMARTS) is 1. The summed E-state index contributed by atoms with van der Waals surface area (Å²) >= 11 is 0. The largest absolute Gasteiger partial charge is 0.478 e. The van der Waals surface area contributed by atoms with E-state index >= 15 is 0 Å². The molecule has 0 aliphatic carbocycles. The van der Waals surface area contributed by atoms with Crippen molar-refractivity contribution in [3.05, 3.63) is 35.4 Å². The van der Waals surface area contributed by atoms with Crippen molar-refractivity contribution in [3.8, 4) is 0 Å². The van der Waals surface area contributed by atoms with Crippen LogP contribution < -0.4 is 10.6 Å². The molecule has 5 nitrogen and oxygen atoms in total. The number of urea groups is 1. The molecule has 0 aliphatic heterocycles. The monoisotopic (exact) mass is 290 g/mol. The van der Waals surface area contributed by atoms with Crippen LogP contribution in [-0.2, 0) is 6.54 Å². The Hall–Kier alpha value is -2.25. The Morgan fingerprint density at radius 3 is 2.20 bits per heavy atom. The summed E-state index contributed by atoms with van der Waals surface area (Å²) in [5.41, 5.74) is 0.754. The Kier molecular flexibility index (Phi) is 5.36. The van der Waals surface area contributed by atoms with Gasteiger partial charge in [-0.25, -0.2) is 9.59 Å². The van der Waals surface area contributed by atoms with Crippen molar-refractivity contribution in [1.82, 2.24) is 10.6 Å². The van der Waals surface area contributed by atoms with Crippen molar-refractivity contribution in [2.45, 2.75) is 19.1 Å². The highest BCUT2D eigenvalue weighted by Gasteiger charge is 2.26. The van der Waals surface area contributed by atoms with Gasteiger partial charge < -0.3 is 15.7 Å². The Bertz CT molecular complexity index is 472. The van der Waals surface area contributed by atoms with Crippen LogP contribution in [0.15, 0.2) is 24.3 Å². The fourth-order valence-corrected chi connectivity index (χ4v) is 1.33. The lowest BCUT2D eigenvalue weighted by atomic mass is 10.1. The first kappa shape index (κ1) is 15.8. The van der Waals surface area contributed by atoms with E-state index in [4.69, 9.17) is 5.11 Å². The third kappa shape index (κ3) is 6.07. The number of rotatable bonds is 5. The second kappa shape index (κ2) is 6.78. The Labute approximate surface area is 112 Å². The fourth-order valence-electron chi connectivity index (χ4n) is 1.33. The number of aromatic carboxylic acids is 1. The van der Waals surface area contributed by atoms with Crippen molar-refractivity contribution in [1.29, 1.82) is 0 Å². The smallest absolute Gasteiger partial charge is 0.390 e. The van der Waals surface area contributed by atoms with Crippen LogP contribution in [0.25, 0.3) is 0 Å². The van der Waals surface area contributed by atoms with Crippen molar-refractivity contribution < 1.29 is 27.9 Å². The van der Waals surface area contributed by atoms with Crippen LogP contribution in [0.1, 0.15) is 22.3 Å². The molecule has 1 rings (SSSR count). The van der Waals surface area contributed by atoms with Crippen LogP contribution in [0.5, 0.6) is 0 Å². The van der Waals surface area contributed by atoms with Gasteiger partial charge >= 0.3 is 18.2 Å². The molecule has 0 saturated heterocycles. The number of alkyl halides is 3. The number of amides is 2. The van der Waals surface area contributed by atoms with E-state index < -0.39 is 31.1 Å². The molecule has 3 N–H and O–H groups in total. The van der Waals surface area contributed by atoms with E-state index in [1.54, 1.807) is 0 Å². The highest BCUT2D eigenvalue weighted by atomic mass is 19.4. The zero-order chi connectivity index (χ0) is 15.2. The second-order valence-corrected chi connectivity index (χ2v) is 3.98. The van der Waals surface area contributed by atoms with Gasteiger partial charge in [-0.1, -0.05) is 12.1 Å². The third-order valence-corrected chi connectivity index (χ3v) is 2.35. The lowest BCUT2D eigenvalue weighted by Crippen LogP contribution is -2.36. The van der Waals surface area contributed by atoms with Crippen LogP contribution in [0.4, 0.5) is 18.0 Å². The fraction of sp³-hybridized carbons (Fsp3) is 0.333. The number of nitrogens with one attached hydrogen (secondary N) is 2. The molecule has 0 fully saturated rings.